The zero-order valence-corrected chi connectivity index (χ0v) is 7.09. The third-order valence-electron chi connectivity index (χ3n) is 2.01. The van der Waals surface area contributed by atoms with Gasteiger partial charge in [-0.05, 0) is 19.4 Å². The molecule has 2 rings (SSSR count). The van der Waals surface area contributed by atoms with Gasteiger partial charge >= 0.3 is 0 Å². The van der Waals surface area contributed by atoms with Gasteiger partial charge < -0.3 is 10.6 Å². The Balaban J connectivity index is 2.34. The highest BCUT2D eigenvalue weighted by Gasteiger charge is 2.06. The summed E-state index contributed by atoms with van der Waals surface area (Å²) in [5.41, 5.74) is 3.70. The molecule has 0 radical (unpaired) electrons. The SMILES string of the molecule is CC1=CC=C2NC=CNC2=CC1. The molecule has 1 aliphatic carbocycles. The molecule has 1 heterocycles. The first-order valence-corrected chi connectivity index (χ1v) is 4.12. The lowest BCUT2D eigenvalue weighted by atomic mass is 10.2. The van der Waals surface area contributed by atoms with Crippen LogP contribution in [0.2, 0.25) is 0 Å². The first-order chi connectivity index (χ1) is 5.86. The molecule has 0 aromatic carbocycles. The second-order valence-electron chi connectivity index (χ2n) is 3.04. The van der Waals surface area contributed by atoms with E-state index in [4.69, 9.17) is 0 Å². The van der Waals surface area contributed by atoms with Crippen LogP contribution < -0.4 is 10.6 Å². The van der Waals surface area contributed by atoms with Gasteiger partial charge in [0.2, 0.25) is 0 Å². The van der Waals surface area contributed by atoms with E-state index in [1.165, 1.54) is 11.3 Å². The number of hydrogen-bond acceptors (Lipinski definition) is 2. The molecule has 12 heavy (non-hydrogen) atoms. The normalized spacial score (nSPS) is 20.6. The Bertz CT molecular complexity index is 306. The Morgan fingerprint density at radius 2 is 1.83 bits per heavy atom. The molecule has 0 bridgehead atoms. The summed E-state index contributed by atoms with van der Waals surface area (Å²) >= 11 is 0. The number of allylic oxidation sites excluding steroid dienone is 4. The van der Waals surface area contributed by atoms with E-state index < -0.39 is 0 Å². The molecule has 2 heteroatoms. The van der Waals surface area contributed by atoms with E-state index in [1.807, 2.05) is 12.4 Å². The molecular formula is C10H12N2. The third-order valence-corrected chi connectivity index (χ3v) is 2.01. The molecule has 0 amide bonds. The van der Waals surface area contributed by atoms with Gasteiger partial charge in [0, 0.05) is 12.4 Å². The molecule has 0 atom stereocenters. The maximum absolute atomic E-state index is 3.20. The predicted octanol–water partition coefficient (Wildman–Crippen LogP) is 1.77. The number of nitrogens with one attached hydrogen (secondary N) is 2. The summed E-state index contributed by atoms with van der Waals surface area (Å²) in [7, 11) is 0. The molecule has 0 spiro atoms. The summed E-state index contributed by atoms with van der Waals surface area (Å²) in [5.74, 6) is 0. The number of rotatable bonds is 0. The summed E-state index contributed by atoms with van der Waals surface area (Å²) in [6.45, 7) is 2.14. The van der Waals surface area contributed by atoms with E-state index in [0.29, 0.717) is 0 Å². The second-order valence-corrected chi connectivity index (χ2v) is 3.04. The molecule has 0 aromatic heterocycles. The van der Waals surface area contributed by atoms with Crippen molar-refractivity contribution < 1.29 is 0 Å². The van der Waals surface area contributed by atoms with E-state index in [1.54, 1.807) is 0 Å². The molecule has 0 aromatic rings. The van der Waals surface area contributed by atoms with Crippen LogP contribution in [0.15, 0.2) is 47.6 Å². The number of hydrogen-bond donors (Lipinski definition) is 2. The fraction of sp³-hybridized carbons (Fsp3) is 0.200. The zero-order chi connectivity index (χ0) is 8.39. The maximum atomic E-state index is 3.20. The summed E-state index contributed by atoms with van der Waals surface area (Å²) in [6.07, 6.45) is 11.3. The van der Waals surface area contributed by atoms with Crippen molar-refractivity contribution >= 4 is 0 Å². The Labute approximate surface area is 72.4 Å². The Hall–Kier alpha value is -1.44. The lowest BCUT2D eigenvalue weighted by Crippen LogP contribution is -2.21. The van der Waals surface area contributed by atoms with Crippen molar-refractivity contribution in [1.29, 1.82) is 0 Å². The lowest BCUT2D eigenvalue weighted by molar-refractivity contribution is 0.909. The van der Waals surface area contributed by atoms with Gasteiger partial charge in [0.05, 0.1) is 11.4 Å². The molecule has 0 saturated carbocycles. The molecular weight excluding hydrogens is 148 g/mol. The van der Waals surface area contributed by atoms with Gasteiger partial charge in [0.25, 0.3) is 0 Å². The molecule has 62 valence electrons. The highest BCUT2D eigenvalue weighted by molar-refractivity contribution is 5.39. The quantitative estimate of drug-likeness (QED) is 0.564. The molecule has 2 N–H and O–H groups in total. The van der Waals surface area contributed by atoms with Crippen molar-refractivity contribution in [2.45, 2.75) is 13.3 Å². The molecule has 0 unspecified atom stereocenters. The maximum Gasteiger partial charge on any atom is 0.0616 e. The van der Waals surface area contributed by atoms with Crippen molar-refractivity contribution in [1.82, 2.24) is 10.6 Å². The highest BCUT2D eigenvalue weighted by Crippen LogP contribution is 2.15. The van der Waals surface area contributed by atoms with E-state index in [9.17, 15) is 0 Å². The minimum atomic E-state index is 1.03. The largest absolute Gasteiger partial charge is 0.359 e. The van der Waals surface area contributed by atoms with Crippen LogP contribution in [0, 0.1) is 0 Å². The molecule has 1 aliphatic heterocycles. The van der Waals surface area contributed by atoms with Crippen LogP contribution in [-0.2, 0) is 0 Å². The van der Waals surface area contributed by atoms with E-state index >= 15 is 0 Å². The van der Waals surface area contributed by atoms with Gasteiger partial charge in [-0.25, -0.2) is 0 Å². The predicted molar refractivity (Wildman–Crippen MR) is 50.0 cm³/mol. The van der Waals surface area contributed by atoms with Crippen LogP contribution in [0.25, 0.3) is 0 Å². The summed E-state index contributed by atoms with van der Waals surface area (Å²) in [4.78, 5) is 0. The Morgan fingerprint density at radius 1 is 1.08 bits per heavy atom. The minimum Gasteiger partial charge on any atom is -0.359 e. The summed E-state index contributed by atoms with van der Waals surface area (Å²) < 4.78 is 0. The minimum absolute atomic E-state index is 1.03. The average molecular weight is 160 g/mol. The molecule has 0 saturated heterocycles. The van der Waals surface area contributed by atoms with Crippen molar-refractivity contribution in [2.75, 3.05) is 0 Å². The first kappa shape index (κ1) is 7.22. The monoisotopic (exact) mass is 160 g/mol. The standard InChI is InChI=1S/C10H12N2/c1-8-2-4-9-10(5-3-8)12-7-6-11-9/h2,4-7,11-12H,3H2,1H3. The van der Waals surface area contributed by atoms with Gasteiger partial charge in [0.1, 0.15) is 0 Å². The van der Waals surface area contributed by atoms with Crippen LogP contribution in [-0.4, -0.2) is 0 Å². The topological polar surface area (TPSA) is 24.1 Å². The molecule has 2 nitrogen and oxygen atoms in total. The Morgan fingerprint density at radius 3 is 2.67 bits per heavy atom. The van der Waals surface area contributed by atoms with Gasteiger partial charge in [0.15, 0.2) is 0 Å². The van der Waals surface area contributed by atoms with Crippen molar-refractivity contribution in [3.05, 3.63) is 47.6 Å². The van der Waals surface area contributed by atoms with Gasteiger partial charge in [-0.1, -0.05) is 17.7 Å². The highest BCUT2D eigenvalue weighted by atomic mass is 15.0. The molecule has 0 fully saturated rings. The molecule has 2 aliphatic rings. The fourth-order valence-corrected chi connectivity index (χ4v) is 1.28. The van der Waals surface area contributed by atoms with E-state index in [-0.39, 0.29) is 0 Å². The first-order valence-electron chi connectivity index (χ1n) is 4.12. The van der Waals surface area contributed by atoms with Crippen LogP contribution in [0.4, 0.5) is 0 Å². The fourth-order valence-electron chi connectivity index (χ4n) is 1.28. The average Bonchev–Trinajstić information content (AvgIpc) is 2.29. The van der Waals surface area contributed by atoms with Gasteiger partial charge in [-0.2, -0.15) is 0 Å². The van der Waals surface area contributed by atoms with Gasteiger partial charge in [-0.15, -0.1) is 0 Å². The van der Waals surface area contributed by atoms with E-state index in [0.717, 1.165) is 12.1 Å². The summed E-state index contributed by atoms with van der Waals surface area (Å²) in [5, 5.41) is 6.38. The van der Waals surface area contributed by atoms with Crippen LogP contribution >= 0.6 is 0 Å². The summed E-state index contributed by atoms with van der Waals surface area (Å²) in [6, 6.07) is 0. The van der Waals surface area contributed by atoms with Crippen molar-refractivity contribution in [2.24, 2.45) is 0 Å². The zero-order valence-electron chi connectivity index (χ0n) is 7.09. The lowest BCUT2D eigenvalue weighted by Gasteiger charge is -2.15. The smallest absolute Gasteiger partial charge is 0.0616 e. The second kappa shape index (κ2) is 2.89. The third kappa shape index (κ3) is 1.28. The van der Waals surface area contributed by atoms with Crippen molar-refractivity contribution in [3.8, 4) is 0 Å². The van der Waals surface area contributed by atoms with Crippen LogP contribution in [0.3, 0.4) is 0 Å². The van der Waals surface area contributed by atoms with Gasteiger partial charge in [-0.3, -0.25) is 0 Å². The van der Waals surface area contributed by atoms with Crippen LogP contribution in [0.5, 0.6) is 0 Å². The van der Waals surface area contributed by atoms with Crippen LogP contribution in [0.1, 0.15) is 13.3 Å². The van der Waals surface area contributed by atoms with Crippen molar-refractivity contribution in [3.63, 3.8) is 0 Å². The number of fused-ring (bicyclic) bond motifs is 1. The van der Waals surface area contributed by atoms with E-state index in [2.05, 4.69) is 35.8 Å². The Kier molecular flexibility index (Phi) is 1.74.